The number of rotatable bonds is 3. The Morgan fingerprint density at radius 1 is 1.41 bits per heavy atom. The molecular formula is C11H22N4O2. The van der Waals surface area contributed by atoms with Gasteiger partial charge in [-0.2, -0.15) is 0 Å². The quantitative estimate of drug-likeness (QED) is 0.639. The molecule has 0 spiro atoms. The summed E-state index contributed by atoms with van der Waals surface area (Å²) in [6, 6.07) is 0.185. The smallest absolute Gasteiger partial charge is 0.242 e. The number of amides is 2. The van der Waals surface area contributed by atoms with E-state index in [2.05, 4.69) is 17.3 Å². The van der Waals surface area contributed by atoms with Crippen LogP contribution in [0.4, 0.5) is 0 Å². The summed E-state index contributed by atoms with van der Waals surface area (Å²) in [5.41, 5.74) is 5.16. The van der Waals surface area contributed by atoms with Crippen LogP contribution < -0.4 is 11.1 Å². The largest absolute Gasteiger partial charge is 0.346 e. The summed E-state index contributed by atoms with van der Waals surface area (Å²) in [6.45, 7) is 4.63. The maximum Gasteiger partial charge on any atom is 0.242 e. The molecule has 2 amide bonds. The Balaban J connectivity index is 2.46. The number of hydrogen-bond donors (Lipinski definition) is 2. The number of carbonyl (C=O) groups excluding carboxylic acids is 2. The van der Waals surface area contributed by atoms with Gasteiger partial charge >= 0.3 is 0 Å². The van der Waals surface area contributed by atoms with E-state index in [1.807, 2.05) is 11.8 Å². The molecule has 1 unspecified atom stereocenters. The minimum absolute atomic E-state index is 0.0328. The molecule has 1 fully saturated rings. The second kappa shape index (κ2) is 6.56. The summed E-state index contributed by atoms with van der Waals surface area (Å²) in [5.74, 6) is -0.326. The van der Waals surface area contributed by atoms with Crippen molar-refractivity contribution in [2.24, 2.45) is 5.73 Å². The molecule has 0 aromatic carbocycles. The second-order valence-electron chi connectivity index (χ2n) is 4.53. The van der Waals surface area contributed by atoms with Crippen molar-refractivity contribution in [1.82, 2.24) is 15.1 Å². The number of nitrogens with two attached hydrogens (primary N) is 1. The van der Waals surface area contributed by atoms with E-state index in [-0.39, 0.29) is 30.9 Å². The zero-order valence-corrected chi connectivity index (χ0v) is 10.6. The highest BCUT2D eigenvalue weighted by atomic mass is 16.2. The van der Waals surface area contributed by atoms with Crippen molar-refractivity contribution < 1.29 is 9.59 Å². The fourth-order valence-corrected chi connectivity index (χ4v) is 2.09. The first kappa shape index (κ1) is 13.9. The fraction of sp³-hybridized carbons (Fsp3) is 0.818. The molecule has 3 N–H and O–H groups in total. The van der Waals surface area contributed by atoms with Crippen LogP contribution in [0.1, 0.15) is 13.3 Å². The molecule has 1 aliphatic rings. The van der Waals surface area contributed by atoms with E-state index in [1.165, 1.54) is 0 Å². The predicted octanol–water partition coefficient (Wildman–Crippen LogP) is -1.39. The van der Waals surface area contributed by atoms with Gasteiger partial charge in [0.1, 0.15) is 0 Å². The second-order valence-corrected chi connectivity index (χ2v) is 4.53. The van der Waals surface area contributed by atoms with Gasteiger partial charge in [-0.3, -0.25) is 9.59 Å². The zero-order valence-electron chi connectivity index (χ0n) is 10.6. The lowest BCUT2D eigenvalue weighted by Crippen LogP contribution is -2.47. The molecule has 0 aliphatic carbocycles. The van der Waals surface area contributed by atoms with E-state index in [0.29, 0.717) is 0 Å². The first-order valence-corrected chi connectivity index (χ1v) is 5.99. The Labute approximate surface area is 102 Å². The molecule has 1 heterocycles. The Kier molecular flexibility index (Phi) is 5.37. The lowest BCUT2D eigenvalue weighted by Gasteiger charge is -2.28. The van der Waals surface area contributed by atoms with E-state index in [4.69, 9.17) is 5.73 Å². The van der Waals surface area contributed by atoms with E-state index in [0.717, 1.165) is 26.1 Å². The van der Waals surface area contributed by atoms with Crippen LogP contribution in [0, 0.1) is 0 Å². The Hall–Kier alpha value is -1.14. The third-order valence-electron chi connectivity index (χ3n) is 2.99. The van der Waals surface area contributed by atoms with Gasteiger partial charge < -0.3 is 20.9 Å². The monoisotopic (exact) mass is 242 g/mol. The summed E-state index contributed by atoms with van der Waals surface area (Å²) in [7, 11) is 2.06. The lowest BCUT2D eigenvalue weighted by atomic mass is 10.2. The number of likely N-dealkylation sites (N-methyl/N-ethyl adjacent to an activating group) is 1. The van der Waals surface area contributed by atoms with Crippen molar-refractivity contribution in [2.75, 3.05) is 39.8 Å². The van der Waals surface area contributed by atoms with Crippen molar-refractivity contribution in [3.05, 3.63) is 0 Å². The van der Waals surface area contributed by atoms with Gasteiger partial charge in [-0.1, -0.05) is 0 Å². The van der Waals surface area contributed by atoms with Crippen LogP contribution in [0.5, 0.6) is 0 Å². The number of nitrogens with one attached hydrogen (secondary N) is 1. The highest BCUT2D eigenvalue weighted by Gasteiger charge is 2.23. The summed E-state index contributed by atoms with van der Waals surface area (Å²) in [5, 5.41) is 2.51. The van der Waals surface area contributed by atoms with Gasteiger partial charge in [-0.05, 0) is 26.9 Å². The van der Waals surface area contributed by atoms with Crippen molar-refractivity contribution >= 4 is 11.8 Å². The average Bonchev–Trinajstić information content (AvgIpc) is 2.46. The van der Waals surface area contributed by atoms with Gasteiger partial charge in [-0.25, -0.2) is 0 Å². The third-order valence-corrected chi connectivity index (χ3v) is 2.99. The molecule has 98 valence electrons. The fourth-order valence-electron chi connectivity index (χ4n) is 2.09. The van der Waals surface area contributed by atoms with Crippen LogP contribution in [0.3, 0.4) is 0 Å². The molecule has 1 rings (SSSR count). The molecule has 0 aromatic rings. The van der Waals surface area contributed by atoms with Gasteiger partial charge in [0.05, 0.1) is 13.1 Å². The lowest BCUT2D eigenvalue weighted by molar-refractivity contribution is -0.134. The summed E-state index contributed by atoms with van der Waals surface area (Å²) in [4.78, 5) is 27.0. The molecule has 6 nitrogen and oxygen atoms in total. The predicted molar refractivity (Wildman–Crippen MR) is 65.4 cm³/mol. The standard InChI is InChI=1S/C11H22N4O2/c1-9-8-14(2)4-3-5-15(9)11(17)7-13-10(16)6-12/h9H,3-8,12H2,1-2H3,(H,13,16). The zero-order chi connectivity index (χ0) is 12.8. The minimum Gasteiger partial charge on any atom is -0.346 e. The van der Waals surface area contributed by atoms with E-state index < -0.39 is 0 Å². The normalized spacial score (nSPS) is 22.1. The molecule has 1 saturated heterocycles. The molecular weight excluding hydrogens is 220 g/mol. The van der Waals surface area contributed by atoms with E-state index >= 15 is 0 Å². The average molecular weight is 242 g/mol. The Morgan fingerprint density at radius 3 is 2.76 bits per heavy atom. The van der Waals surface area contributed by atoms with Gasteiger partial charge in [0, 0.05) is 19.1 Å². The summed E-state index contributed by atoms with van der Waals surface area (Å²) in [6.07, 6.45) is 0.970. The number of hydrogen-bond acceptors (Lipinski definition) is 4. The first-order valence-electron chi connectivity index (χ1n) is 5.99. The molecule has 6 heteroatoms. The minimum atomic E-state index is -0.294. The topological polar surface area (TPSA) is 78.7 Å². The van der Waals surface area contributed by atoms with Crippen molar-refractivity contribution in [3.63, 3.8) is 0 Å². The maximum absolute atomic E-state index is 11.9. The van der Waals surface area contributed by atoms with Crippen LogP contribution in [-0.4, -0.2) is 67.4 Å². The van der Waals surface area contributed by atoms with Crippen molar-refractivity contribution in [2.45, 2.75) is 19.4 Å². The number of carbonyl (C=O) groups is 2. The van der Waals surface area contributed by atoms with Gasteiger partial charge in [0.25, 0.3) is 0 Å². The Morgan fingerprint density at radius 2 is 2.12 bits per heavy atom. The maximum atomic E-state index is 11.9. The molecule has 17 heavy (non-hydrogen) atoms. The van der Waals surface area contributed by atoms with E-state index in [9.17, 15) is 9.59 Å². The molecule has 1 aliphatic heterocycles. The van der Waals surface area contributed by atoms with Gasteiger partial charge in [-0.15, -0.1) is 0 Å². The summed E-state index contributed by atoms with van der Waals surface area (Å²) >= 11 is 0. The first-order chi connectivity index (χ1) is 8.04. The van der Waals surface area contributed by atoms with Gasteiger partial charge in [0.15, 0.2) is 0 Å². The van der Waals surface area contributed by atoms with Crippen molar-refractivity contribution in [1.29, 1.82) is 0 Å². The van der Waals surface area contributed by atoms with Crippen molar-refractivity contribution in [3.8, 4) is 0 Å². The summed E-state index contributed by atoms with van der Waals surface area (Å²) < 4.78 is 0. The molecule has 0 bridgehead atoms. The highest BCUT2D eigenvalue weighted by Crippen LogP contribution is 2.08. The molecule has 1 atom stereocenters. The molecule has 0 radical (unpaired) electrons. The van der Waals surface area contributed by atoms with Gasteiger partial charge in [0.2, 0.25) is 11.8 Å². The molecule has 0 saturated carbocycles. The third kappa shape index (κ3) is 4.32. The SMILES string of the molecule is CC1CN(C)CCCN1C(=O)CNC(=O)CN. The van der Waals surface area contributed by atoms with Crippen LogP contribution in [0.15, 0.2) is 0 Å². The highest BCUT2D eigenvalue weighted by molar-refractivity contribution is 5.85. The molecule has 0 aromatic heterocycles. The van der Waals surface area contributed by atoms with Crippen LogP contribution in [0.25, 0.3) is 0 Å². The van der Waals surface area contributed by atoms with Crippen LogP contribution in [0.2, 0.25) is 0 Å². The van der Waals surface area contributed by atoms with E-state index in [1.54, 1.807) is 0 Å². The number of nitrogens with zero attached hydrogens (tertiary/aromatic N) is 2. The van der Waals surface area contributed by atoms with Crippen LogP contribution >= 0.6 is 0 Å². The van der Waals surface area contributed by atoms with Crippen LogP contribution in [-0.2, 0) is 9.59 Å². The Bertz CT molecular complexity index is 283.